The molecule has 6 nitrogen and oxygen atoms in total. The number of amidine groups is 1. The van der Waals surface area contributed by atoms with Gasteiger partial charge in [0.15, 0.2) is 5.17 Å². The lowest BCUT2D eigenvalue weighted by Crippen LogP contribution is -2.19. The minimum atomic E-state index is -0.984. The van der Waals surface area contributed by atoms with Crippen molar-refractivity contribution in [3.63, 3.8) is 0 Å². The first kappa shape index (κ1) is 20.0. The minimum Gasteiger partial charge on any atom is -0.478 e. The first-order valence-corrected chi connectivity index (χ1v) is 10.1. The molecule has 4 rings (SSSR count). The van der Waals surface area contributed by atoms with Crippen molar-refractivity contribution in [3.05, 3.63) is 81.4 Å². The van der Waals surface area contributed by atoms with E-state index in [1.54, 1.807) is 42.5 Å². The van der Waals surface area contributed by atoms with Crippen LogP contribution in [-0.4, -0.2) is 22.2 Å². The fourth-order valence-electron chi connectivity index (χ4n) is 2.83. The average Bonchev–Trinajstić information content (AvgIpc) is 3.31. The van der Waals surface area contributed by atoms with Crippen LogP contribution in [-0.2, 0) is 4.79 Å². The van der Waals surface area contributed by atoms with E-state index < -0.39 is 5.97 Å². The number of benzene rings is 2. The fourth-order valence-corrected chi connectivity index (χ4v) is 3.87. The first-order chi connectivity index (χ1) is 14.4. The Hall–Kier alpha value is -3.29. The summed E-state index contributed by atoms with van der Waals surface area (Å²) in [5.41, 5.74) is 2.59. The summed E-state index contributed by atoms with van der Waals surface area (Å²) >= 11 is 7.19. The smallest absolute Gasteiger partial charge is 0.335 e. The van der Waals surface area contributed by atoms with Crippen LogP contribution in [0, 0.1) is 6.92 Å². The summed E-state index contributed by atoms with van der Waals surface area (Å²) in [4.78, 5) is 28.2. The largest absolute Gasteiger partial charge is 0.478 e. The van der Waals surface area contributed by atoms with Crippen molar-refractivity contribution in [2.75, 3.05) is 0 Å². The summed E-state index contributed by atoms with van der Waals surface area (Å²) in [6, 6.07) is 15.3. The molecule has 0 aliphatic carbocycles. The van der Waals surface area contributed by atoms with Crippen LogP contribution >= 0.6 is 23.4 Å². The highest BCUT2D eigenvalue weighted by Crippen LogP contribution is 2.31. The molecule has 1 aromatic heterocycles. The molecule has 150 valence electrons. The molecule has 2 N–H and O–H groups in total. The third kappa shape index (κ3) is 4.32. The SMILES string of the molecule is Cc1cc(Cl)ccc1N=C1NC(=O)/C(=C/c2ccc(-c3ccc(C(=O)O)cc3)o2)S1. The number of carboxylic acid groups (broad SMARTS) is 1. The summed E-state index contributed by atoms with van der Waals surface area (Å²) < 4.78 is 5.79. The van der Waals surface area contributed by atoms with Gasteiger partial charge in [0.1, 0.15) is 11.5 Å². The lowest BCUT2D eigenvalue weighted by Gasteiger charge is -2.01. The van der Waals surface area contributed by atoms with Gasteiger partial charge in [-0.2, -0.15) is 0 Å². The Morgan fingerprint density at radius 3 is 2.63 bits per heavy atom. The molecule has 2 heterocycles. The van der Waals surface area contributed by atoms with Crippen LogP contribution in [0.4, 0.5) is 5.69 Å². The van der Waals surface area contributed by atoms with Crippen LogP contribution < -0.4 is 5.32 Å². The number of hydrogen-bond acceptors (Lipinski definition) is 5. The maximum absolute atomic E-state index is 12.3. The number of furan rings is 1. The Morgan fingerprint density at radius 2 is 1.93 bits per heavy atom. The molecule has 8 heteroatoms. The second-order valence-corrected chi connectivity index (χ2v) is 7.96. The number of aryl methyl sites for hydroxylation is 1. The van der Waals surface area contributed by atoms with Gasteiger partial charge < -0.3 is 14.8 Å². The van der Waals surface area contributed by atoms with Gasteiger partial charge in [-0.1, -0.05) is 23.7 Å². The highest BCUT2D eigenvalue weighted by Gasteiger charge is 2.24. The molecule has 1 saturated heterocycles. The molecule has 3 aromatic rings. The number of hydrogen-bond donors (Lipinski definition) is 2. The Labute approximate surface area is 181 Å². The molecule has 0 spiro atoms. The quantitative estimate of drug-likeness (QED) is 0.525. The number of carbonyl (C=O) groups excluding carboxylic acids is 1. The van der Waals surface area contributed by atoms with Crippen LogP contribution in [0.3, 0.4) is 0 Å². The van der Waals surface area contributed by atoms with Gasteiger partial charge in [0.25, 0.3) is 5.91 Å². The maximum Gasteiger partial charge on any atom is 0.335 e. The lowest BCUT2D eigenvalue weighted by atomic mass is 10.1. The standard InChI is InChI=1S/C22H15ClN2O4S/c1-12-10-15(23)6-8-17(12)24-22-25-20(26)19(30-22)11-16-7-9-18(29-16)13-2-4-14(5-3-13)21(27)28/h2-11H,1H3,(H,27,28)(H,24,25,26)/b19-11-. The van der Waals surface area contributed by atoms with Crippen LogP contribution in [0.1, 0.15) is 21.7 Å². The zero-order valence-corrected chi connectivity index (χ0v) is 17.3. The van der Waals surface area contributed by atoms with Crippen molar-refractivity contribution >= 4 is 52.2 Å². The number of nitrogens with one attached hydrogen (secondary N) is 1. The van der Waals surface area contributed by atoms with E-state index in [1.165, 1.54) is 23.9 Å². The number of rotatable bonds is 4. The van der Waals surface area contributed by atoms with Crippen molar-refractivity contribution in [2.24, 2.45) is 4.99 Å². The van der Waals surface area contributed by atoms with Gasteiger partial charge >= 0.3 is 5.97 Å². The molecule has 1 fully saturated rings. The molecule has 0 unspecified atom stereocenters. The molecular weight excluding hydrogens is 424 g/mol. The van der Waals surface area contributed by atoms with Crippen molar-refractivity contribution in [3.8, 4) is 11.3 Å². The van der Waals surface area contributed by atoms with Gasteiger partial charge in [-0.25, -0.2) is 9.79 Å². The number of halogens is 1. The molecule has 0 radical (unpaired) electrons. The predicted octanol–water partition coefficient (Wildman–Crippen LogP) is 5.50. The molecule has 1 aliphatic rings. The highest BCUT2D eigenvalue weighted by atomic mass is 35.5. The van der Waals surface area contributed by atoms with Gasteiger partial charge in [0.05, 0.1) is 16.2 Å². The summed E-state index contributed by atoms with van der Waals surface area (Å²) in [6.07, 6.45) is 1.65. The maximum atomic E-state index is 12.3. The molecule has 0 saturated carbocycles. The number of thioether (sulfide) groups is 1. The predicted molar refractivity (Wildman–Crippen MR) is 118 cm³/mol. The van der Waals surface area contributed by atoms with Gasteiger partial charge in [0.2, 0.25) is 0 Å². The van der Waals surface area contributed by atoms with Crippen LogP contribution in [0.2, 0.25) is 5.02 Å². The van der Waals surface area contributed by atoms with Gasteiger partial charge in [0, 0.05) is 16.7 Å². The van der Waals surface area contributed by atoms with Crippen LogP contribution in [0.25, 0.3) is 17.4 Å². The van der Waals surface area contributed by atoms with E-state index in [1.807, 2.05) is 13.0 Å². The minimum absolute atomic E-state index is 0.203. The number of amides is 1. The zero-order valence-electron chi connectivity index (χ0n) is 15.7. The molecule has 30 heavy (non-hydrogen) atoms. The van der Waals surface area contributed by atoms with E-state index in [0.717, 1.165) is 16.8 Å². The molecule has 0 atom stereocenters. The summed E-state index contributed by atoms with van der Waals surface area (Å²) in [6.45, 7) is 1.90. The van der Waals surface area contributed by atoms with Crippen LogP contribution in [0.5, 0.6) is 0 Å². The molecule has 0 bridgehead atoms. The van der Waals surface area contributed by atoms with Crippen molar-refractivity contribution in [1.29, 1.82) is 0 Å². The van der Waals surface area contributed by atoms with E-state index in [4.69, 9.17) is 21.1 Å². The van der Waals surface area contributed by atoms with E-state index in [2.05, 4.69) is 10.3 Å². The third-order valence-corrected chi connectivity index (χ3v) is 5.49. The Bertz CT molecular complexity index is 1210. The summed E-state index contributed by atoms with van der Waals surface area (Å²) in [7, 11) is 0. The van der Waals surface area contributed by atoms with E-state index in [-0.39, 0.29) is 11.5 Å². The van der Waals surface area contributed by atoms with E-state index in [9.17, 15) is 9.59 Å². The van der Waals surface area contributed by atoms with Crippen molar-refractivity contribution < 1.29 is 19.1 Å². The second-order valence-electron chi connectivity index (χ2n) is 6.50. The first-order valence-electron chi connectivity index (χ1n) is 8.88. The monoisotopic (exact) mass is 438 g/mol. The topological polar surface area (TPSA) is 91.9 Å². The van der Waals surface area contributed by atoms with Crippen LogP contribution in [0.15, 0.2) is 68.9 Å². The number of carboxylic acids is 1. The molecule has 1 amide bonds. The fraction of sp³-hybridized carbons (Fsp3) is 0.0455. The van der Waals surface area contributed by atoms with Crippen molar-refractivity contribution in [2.45, 2.75) is 6.92 Å². The number of aliphatic imine (C=N–C) groups is 1. The van der Waals surface area contributed by atoms with E-state index in [0.29, 0.717) is 26.6 Å². The normalized spacial score (nSPS) is 16.3. The zero-order chi connectivity index (χ0) is 21.3. The molecular formula is C22H15ClN2O4S. The number of aromatic carboxylic acids is 1. The Kier molecular flexibility index (Phi) is 5.48. The van der Waals surface area contributed by atoms with Gasteiger partial charge in [-0.05, 0) is 66.7 Å². The number of nitrogens with zero attached hydrogens (tertiary/aromatic N) is 1. The second kappa shape index (κ2) is 8.22. The Morgan fingerprint density at radius 1 is 1.17 bits per heavy atom. The van der Waals surface area contributed by atoms with Crippen molar-refractivity contribution in [1.82, 2.24) is 5.32 Å². The Balaban J connectivity index is 1.53. The molecule has 1 aliphatic heterocycles. The summed E-state index contributed by atoms with van der Waals surface area (Å²) in [5.74, 6) is -0.155. The van der Waals surface area contributed by atoms with E-state index >= 15 is 0 Å². The molecule has 2 aromatic carbocycles. The highest BCUT2D eigenvalue weighted by molar-refractivity contribution is 8.18. The van der Waals surface area contributed by atoms with Gasteiger partial charge in [-0.15, -0.1) is 0 Å². The number of carbonyl (C=O) groups is 2. The lowest BCUT2D eigenvalue weighted by molar-refractivity contribution is -0.115. The third-order valence-electron chi connectivity index (χ3n) is 4.35. The summed E-state index contributed by atoms with van der Waals surface area (Å²) in [5, 5.41) is 12.8. The average molecular weight is 439 g/mol. The van der Waals surface area contributed by atoms with Gasteiger partial charge in [-0.3, -0.25) is 4.79 Å².